The zero-order valence-electron chi connectivity index (χ0n) is 8.43. The highest BCUT2D eigenvalue weighted by Gasteiger charge is 2.10. The van der Waals surface area contributed by atoms with Crippen molar-refractivity contribution >= 4 is 15.6 Å². The lowest BCUT2D eigenvalue weighted by molar-refractivity contribution is 0.0988. The minimum Gasteiger partial charge on any atom is -0.294 e. The zero-order valence-corrected chi connectivity index (χ0v) is 9.25. The standard InChI is InChI=1S/C11H12O3S/c1-3-11(12)9-5-7-10(8-6-9)15(13,14)4-2/h4-8H,2-3H2,1H3. The van der Waals surface area contributed by atoms with Crippen LogP contribution in [0.1, 0.15) is 23.7 Å². The molecular weight excluding hydrogens is 212 g/mol. The minimum absolute atomic E-state index is 0.00227. The van der Waals surface area contributed by atoms with Crippen LogP contribution in [0.3, 0.4) is 0 Å². The maximum atomic E-state index is 11.3. The Morgan fingerprint density at radius 1 is 1.33 bits per heavy atom. The molecule has 0 heterocycles. The molecule has 0 saturated carbocycles. The maximum absolute atomic E-state index is 11.3. The molecule has 3 nitrogen and oxygen atoms in total. The Labute approximate surface area is 89.4 Å². The number of benzene rings is 1. The van der Waals surface area contributed by atoms with Gasteiger partial charge in [-0.2, -0.15) is 0 Å². The summed E-state index contributed by atoms with van der Waals surface area (Å²) in [6, 6.07) is 5.87. The van der Waals surface area contributed by atoms with Crippen LogP contribution < -0.4 is 0 Å². The zero-order chi connectivity index (χ0) is 11.5. The fraction of sp³-hybridized carbons (Fsp3) is 0.182. The number of Topliss-reactive ketones (excluding diaryl/α,β-unsaturated/α-hetero) is 1. The number of carbonyl (C=O) groups excluding carboxylic acids is 1. The number of carbonyl (C=O) groups is 1. The summed E-state index contributed by atoms with van der Waals surface area (Å²) >= 11 is 0. The molecule has 0 spiro atoms. The van der Waals surface area contributed by atoms with Gasteiger partial charge in [-0.25, -0.2) is 8.42 Å². The SMILES string of the molecule is C=CS(=O)(=O)c1ccc(C(=O)CC)cc1. The van der Waals surface area contributed by atoms with Gasteiger partial charge in [0.15, 0.2) is 15.6 Å². The minimum atomic E-state index is -3.39. The van der Waals surface area contributed by atoms with E-state index in [4.69, 9.17) is 0 Å². The van der Waals surface area contributed by atoms with Crippen LogP contribution in [0.15, 0.2) is 41.1 Å². The molecule has 80 valence electrons. The van der Waals surface area contributed by atoms with Crippen LogP contribution in [0.2, 0.25) is 0 Å². The van der Waals surface area contributed by atoms with E-state index >= 15 is 0 Å². The third-order valence-corrected chi connectivity index (χ3v) is 3.41. The molecule has 0 N–H and O–H groups in total. The number of hydrogen-bond acceptors (Lipinski definition) is 3. The lowest BCUT2D eigenvalue weighted by Crippen LogP contribution is -1.99. The normalized spacial score (nSPS) is 11.0. The molecule has 4 heteroatoms. The van der Waals surface area contributed by atoms with E-state index in [0.29, 0.717) is 12.0 Å². The first-order chi connectivity index (χ1) is 7.01. The van der Waals surface area contributed by atoms with E-state index in [0.717, 1.165) is 5.41 Å². The Morgan fingerprint density at radius 2 is 1.87 bits per heavy atom. The number of rotatable bonds is 4. The first-order valence-corrected chi connectivity index (χ1v) is 6.06. The van der Waals surface area contributed by atoms with Crippen LogP contribution in [0, 0.1) is 0 Å². The van der Waals surface area contributed by atoms with Crippen LogP contribution in [-0.4, -0.2) is 14.2 Å². The molecule has 0 aliphatic heterocycles. The first-order valence-electron chi connectivity index (χ1n) is 4.52. The smallest absolute Gasteiger partial charge is 0.199 e. The van der Waals surface area contributed by atoms with Crippen molar-refractivity contribution in [3.63, 3.8) is 0 Å². The number of ketones is 1. The molecule has 0 aliphatic rings. The molecule has 1 rings (SSSR count). The van der Waals surface area contributed by atoms with E-state index in [-0.39, 0.29) is 10.7 Å². The highest BCUT2D eigenvalue weighted by Crippen LogP contribution is 2.13. The van der Waals surface area contributed by atoms with Crippen molar-refractivity contribution in [3.05, 3.63) is 41.8 Å². The molecule has 0 aliphatic carbocycles. The molecule has 0 saturated heterocycles. The van der Waals surface area contributed by atoms with Crippen LogP contribution in [-0.2, 0) is 9.84 Å². The van der Waals surface area contributed by atoms with Gasteiger partial charge in [0, 0.05) is 17.4 Å². The third kappa shape index (κ3) is 2.53. The quantitative estimate of drug-likeness (QED) is 0.737. The summed E-state index contributed by atoms with van der Waals surface area (Å²) in [6.45, 7) is 4.99. The van der Waals surface area contributed by atoms with E-state index in [2.05, 4.69) is 6.58 Å². The predicted molar refractivity (Wildman–Crippen MR) is 58.4 cm³/mol. The van der Waals surface area contributed by atoms with E-state index in [1.54, 1.807) is 6.92 Å². The van der Waals surface area contributed by atoms with Crippen LogP contribution in [0.25, 0.3) is 0 Å². The Hall–Kier alpha value is -1.42. The highest BCUT2D eigenvalue weighted by molar-refractivity contribution is 7.94. The second-order valence-corrected chi connectivity index (χ2v) is 4.91. The Kier molecular flexibility index (Phi) is 3.42. The fourth-order valence-electron chi connectivity index (χ4n) is 1.13. The van der Waals surface area contributed by atoms with Crippen molar-refractivity contribution in [2.45, 2.75) is 18.2 Å². The third-order valence-electron chi connectivity index (χ3n) is 2.05. The molecule has 0 atom stereocenters. The van der Waals surface area contributed by atoms with E-state index in [9.17, 15) is 13.2 Å². The van der Waals surface area contributed by atoms with E-state index < -0.39 is 9.84 Å². The van der Waals surface area contributed by atoms with Gasteiger partial charge in [0.05, 0.1) is 4.90 Å². The molecule has 15 heavy (non-hydrogen) atoms. The van der Waals surface area contributed by atoms with Gasteiger partial charge in [-0.3, -0.25) is 4.79 Å². The van der Waals surface area contributed by atoms with Crippen molar-refractivity contribution in [1.29, 1.82) is 0 Å². The van der Waals surface area contributed by atoms with Gasteiger partial charge in [-0.1, -0.05) is 25.6 Å². The summed E-state index contributed by atoms with van der Waals surface area (Å²) in [6.07, 6.45) is 0.410. The Morgan fingerprint density at radius 3 is 2.27 bits per heavy atom. The summed E-state index contributed by atoms with van der Waals surface area (Å²) in [4.78, 5) is 11.4. The maximum Gasteiger partial charge on any atom is 0.199 e. The van der Waals surface area contributed by atoms with Gasteiger partial charge in [0.2, 0.25) is 0 Å². The van der Waals surface area contributed by atoms with Gasteiger partial charge >= 0.3 is 0 Å². The summed E-state index contributed by atoms with van der Waals surface area (Å²) < 4.78 is 22.7. The van der Waals surface area contributed by atoms with Gasteiger partial charge in [0.1, 0.15) is 0 Å². The van der Waals surface area contributed by atoms with Gasteiger partial charge in [-0.05, 0) is 12.1 Å². The largest absolute Gasteiger partial charge is 0.294 e. The lowest BCUT2D eigenvalue weighted by Gasteiger charge is -2.00. The molecule has 0 bridgehead atoms. The van der Waals surface area contributed by atoms with Gasteiger partial charge in [-0.15, -0.1) is 0 Å². The molecular formula is C11H12O3S. The summed E-state index contributed by atoms with van der Waals surface area (Å²) in [5.41, 5.74) is 0.528. The monoisotopic (exact) mass is 224 g/mol. The van der Waals surface area contributed by atoms with Crippen molar-refractivity contribution in [3.8, 4) is 0 Å². The van der Waals surface area contributed by atoms with Crippen molar-refractivity contribution in [2.24, 2.45) is 0 Å². The topological polar surface area (TPSA) is 51.2 Å². The number of hydrogen-bond donors (Lipinski definition) is 0. The average molecular weight is 224 g/mol. The molecule has 0 amide bonds. The average Bonchev–Trinajstić information content (AvgIpc) is 2.28. The Balaban J connectivity index is 3.11. The fourth-order valence-corrected chi connectivity index (χ4v) is 1.84. The van der Waals surface area contributed by atoms with Crippen LogP contribution >= 0.6 is 0 Å². The van der Waals surface area contributed by atoms with E-state index in [1.807, 2.05) is 0 Å². The summed E-state index contributed by atoms with van der Waals surface area (Å²) in [7, 11) is -3.39. The predicted octanol–water partition coefficient (Wildman–Crippen LogP) is 2.20. The lowest BCUT2D eigenvalue weighted by atomic mass is 10.1. The number of sulfone groups is 1. The summed E-state index contributed by atoms with van der Waals surface area (Å²) in [5.74, 6) is -0.00227. The Bertz CT molecular complexity index is 469. The van der Waals surface area contributed by atoms with Gasteiger partial charge < -0.3 is 0 Å². The van der Waals surface area contributed by atoms with Crippen LogP contribution in [0.4, 0.5) is 0 Å². The molecule has 0 aromatic heterocycles. The van der Waals surface area contributed by atoms with Crippen molar-refractivity contribution < 1.29 is 13.2 Å². The molecule has 0 radical (unpaired) electrons. The van der Waals surface area contributed by atoms with Crippen molar-refractivity contribution in [1.82, 2.24) is 0 Å². The molecule has 0 unspecified atom stereocenters. The second kappa shape index (κ2) is 4.40. The van der Waals surface area contributed by atoms with Crippen molar-refractivity contribution in [2.75, 3.05) is 0 Å². The van der Waals surface area contributed by atoms with Crippen LogP contribution in [0.5, 0.6) is 0 Å². The van der Waals surface area contributed by atoms with Gasteiger partial charge in [0.25, 0.3) is 0 Å². The summed E-state index contributed by atoms with van der Waals surface area (Å²) in [5, 5.41) is 0.893. The second-order valence-electron chi connectivity index (χ2n) is 3.01. The molecule has 1 aromatic rings. The first kappa shape index (κ1) is 11.7. The highest BCUT2D eigenvalue weighted by atomic mass is 32.2. The molecule has 1 aromatic carbocycles. The van der Waals surface area contributed by atoms with E-state index in [1.165, 1.54) is 24.3 Å². The molecule has 0 fully saturated rings.